The molecule has 0 spiro atoms. The highest BCUT2D eigenvalue weighted by Gasteiger charge is 2.17. The third kappa shape index (κ3) is 5.25. The SMILES string of the molecule is CCOC(=O)CCN(Cc1ccccc1)C(=O)c1ccccc1. The highest BCUT2D eigenvalue weighted by molar-refractivity contribution is 5.94. The highest BCUT2D eigenvalue weighted by Crippen LogP contribution is 2.11. The van der Waals surface area contributed by atoms with Crippen molar-refractivity contribution in [2.75, 3.05) is 13.2 Å². The molecule has 0 N–H and O–H groups in total. The lowest BCUT2D eigenvalue weighted by Crippen LogP contribution is -2.32. The second-order valence-electron chi connectivity index (χ2n) is 5.13. The predicted molar refractivity (Wildman–Crippen MR) is 88.9 cm³/mol. The lowest BCUT2D eigenvalue weighted by Gasteiger charge is -2.22. The summed E-state index contributed by atoms with van der Waals surface area (Å²) in [7, 11) is 0. The number of nitrogens with zero attached hydrogens (tertiary/aromatic N) is 1. The number of esters is 1. The van der Waals surface area contributed by atoms with Gasteiger partial charge in [-0.15, -0.1) is 0 Å². The zero-order valence-electron chi connectivity index (χ0n) is 13.3. The van der Waals surface area contributed by atoms with E-state index in [0.717, 1.165) is 5.56 Å². The Bertz CT molecular complexity index is 626. The Labute approximate surface area is 136 Å². The number of hydrogen-bond donors (Lipinski definition) is 0. The van der Waals surface area contributed by atoms with E-state index in [9.17, 15) is 9.59 Å². The summed E-state index contributed by atoms with van der Waals surface area (Å²) >= 11 is 0. The molecule has 4 heteroatoms. The third-order valence-corrected chi connectivity index (χ3v) is 3.42. The molecule has 1 amide bonds. The molecule has 2 aromatic rings. The average molecular weight is 311 g/mol. The van der Waals surface area contributed by atoms with Crippen molar-refractivity contribution < 1.29 is 14.3 Å². The summed E-state index contributed by atoms with van der Waals surface area (Å²) in [5.41, 5.74) is 1.65. The second kappa shape index (κ2) is 8.73. The molecule has 0 radical (unpaired) electrons. The van der Waals surface area contributed by atoms with Gasteiger partial charge in [0.05, 0.1) is 13.0 Å². The summed E-state index contributed by atoms with van der Waals surface area (Å²) in [4.78, 5) is 26.0. The van der Waals surface area contributed by atoms with Crippen LogP contribution in [-0.4, -0.2) is 29.9 Å². The molecule has 0 aliphatic rings. The summed E-state index contributed by atoms with van der Waals surface area (Å²) in [5.74, 6) is -0.370. The Hall–Kier alpha value is -2.62. The Kier molecular flexibility index (Phi) is 6.36. The maximum atomic E-state index is 12.7. The van der Waals surface area contributed by atoms with Crippen molar-refractivity contribution >= 4 is 11.9 Å². The van der Waals surface area contributed by atoms with Gasteiger partial charge in [0.15, 0.2) is 0 Å². The van der Waals surface area contributed by atoms with Crippen LogP contribution in [0.3, 0.4) is 0 Å². The summed E-state index contributed by atoms with van der Waals surface area (Å²) in [6.45, 7) is 2.92. The molecule has 120 valence electrons. The van der Waals surface area contributed by atoms with Gasteiger partial charge in [-0.2, -0.15) is 0 Å². The summed E-state index contributed by atoms with van der Waals surface area (Å²) in [6.07, 6.45) is 0.194. The second-order valence-corrected chi connectivity index (χ2v) is 5.13. The van der Waals surface area contributed by atoms with E-state index in [-0.39, 0.29) is 18.3 Å². The number of carbonyl (C=O) groups excluding carboxylic acids is 2. The smallest absolute Gasteiger partial charge is 0.307 e. The quantitative estimate of drug-likeness (QED) is 0.737. The van der Waals surface area contributed by atoms with E-state index in [1.54, 1.807) is 24.0 Å². The van der Waals surface area contributed by atoms with Crippen molar-refractivity contribution in [2.24, 2.45) is 0 Å². The van der Waals surface area contributed by atoms with E-state index < -0.39 is 0 Å². The van der Waals surface area contributed by atoms with Crippen molar-refractivity contribution in [3.8, 4) is 0 Å². The standard InChI is InChI=1S/C19H21NO3/c1-2-23-18(21)13-14-20(15-16-9-5-3-6-10-16)19(22)17-11-7-4-8-12-17/h3-12H,2,13-15H2,1H3. The van der Waals surface area contributed by atoms with Crippen molar-refractivity contribution in [2.45, 2.75) is 19.9 Å². The Balaban J connectivity index is 2.10. The van der Waals surface area contributed by atoms with Gasteiger partial charge >= 0.3 is 5.97 Å². The molecule has 0 atom stereocenters. The van der Waals surface area contributed by atoms with Crippen molar-refractivity contribution in [1.29, 1.82) is 0 Å². The first-order valence-electron chi connectivity index (χ1n) is 7.74. The van der Waals surface area contributed by atoms with Crippen LogP contribution in [-0.2, 0) is 16.1 Å². The van der Waals surface area contributed by atoms with Crippen LogP contribution in [0, 0.1) is 0 Å². The molecule has 0 unspecified atom stereocenters. The number of benzene rings is 2. The molecular formula is C19H21NO3. The fourth-order valence-electron chi connectivity index (χ4n) is 2.28. The van der Waals surface area contributed by atoms with E-state index in [4.69, 9.17) is 4.74 Å². The van der Waals surface area contributed by atoms with Gasteiger partial charge in [-0.25, -0.2) is 0 Å². The Morgan fingerprint density at radius 3 is 2.17 bits per heavy atom. The normalized spacial score (nSPS) is 10.1. The summed E-state index contributed by atoms with van der Waals surface area (Å²) in [5, 5.41) is 0. The monoisotopic (exact) mass is 311 g/mol. The minimum Gasteiger partial charge on any atom is -0.466 e. The summed E-state index contributed by atoms with van der Waals surface area (Å²) in [6, 6.07) is 18.8. The molecule has 2 rings (SSSR count). The van der Waals surface area contributed by atoms with E-state index in [0.29, 0.717) is 25.3 Å². The van der Waals surface area contributed by atoms with E-state index in [1.807, 2.05) is 48.5 Å². The fourth-order valence-corrected chi connectivity index (χ4v) is 2.28. The van der Waals surface area contributed by atoms with E-state index >= 15 is 0 Å². The van der Waals surface area contributed by atoms with E-state index in [2.05, 4.69) is 0 Å². The van der Waals surface area contributed by atoms with Crippen LogP contribution >= 0.6 is 0 Å². The molecule has 2 aromatic carbocycles. The maximum Gasteiger partial charge on any atom is 0.307 e. The maximum absolute atomic E-state index is 12.7. The van der Waals surface area contributed by atoms with Crippen LogP contribution in [0.25, 0.3) is 0 Å². The zero-order chi connectivity index (χ0) is 16.5. The third-order valence-electron chi connectivity index (χ3n) is 3.42. The van der Waals surface area contributed by atoms with Gasteiger partial charge in [0, 0.05) is 18.7 Å². The minimum absolute atomic E-state index is 0.0845. The van der Waals surface area contributed by atoms with Gasteiger partial charge in [-0.05, 0) is 24.6 Å². The number of carbonyl (C=O) groups is 2. The zero-order valence-corrected chi connectivity index (χ0v) is 13.3. The van der Waals surface area contributed by atoms with Crippen molar-refractivity contribution in [1.82, 2.24) is 4.90 Å². The first kappa shape index (κ1) is 16.7. The van der Waals surface area contributed by atoms with Crippen LogP contribution in [0.15, 0.2) is 60.7 Å². The van der Waals surface area contributed by atoms with Crippen LogP contribution in [0.5, 0.6) is 0 Å². The van der Waals surface area contributed by atoms with E-state index in [1.165, 1.54) is 0 Å². The molecule has 23 heavy (non-hydrogen) atoms. The van der Waals surface area contributed by atoms with Gasteiger partial charge < -0.3 is 9.64 Å². The molecule has 0 saturated heterocycles. The Morgan fingerprint density at radius 2 is 1.57 bits per heavy atom. The van der Waals surface area contributed by atoms with Crippen LogP contribution in [0.4, 0.5) is 0 Å². The average Bonchev–Trinajstić information content (AvgIpc) is 2.60. The first-order chi connectivity index (χ1) is 11.2. The molecule has 4 nitrogen and oxygen atoms in total. The van der Waals surface area contributed by atoms with Gasteiger partial charge in [0.1, 0.15) is 0 Å². The number of ether oxygens (including phenoxy) is 1. The van der Waals surface area contributed by atoms with Gasteiger partial charge in [0.25, 0.3) is 5.91 Å². The first-order valence-corrected chi connectivity index (χ1v) is 7.74. The number of rotatable bonds is 7. The summed E-state index contributed by atoms with van der Waals surface area (Å²) < 4.78 is 4.95. The molecule has 0 aliphatic heterocycles. The van der Waals surface area contributed by atoms with Crippen LogP contribution < -0.4 is 0 Å². The molecule has 0 fully saturated rings. The molecule has 0 aromatic heterocycles. The minimum atomic E-state index is -0.286. The van der Waals surface area contributed by atoms with Crippen molar-refractivity contribution in [3.05, 3.63) is 71.8 Å². The molecule has 0 heterocycles. The Morgan fingerprint density at radius 1 is 0.957 bits per heavy atom. The molecule has 0 aliphatic carbocycles. The fraction of sp³-hybridized carbons (Fsp3) is 0.263. The number of hydrogen-bond acceptors (Lipinski definition) is 3. The lowest BCUT2D eigenvalue weighted by atomic mass is 10.1. The predicted octanol–water partition coefficient (Wildman–Crippen LogP) is 3.28. The highest BCUT2D eigenvalue weighted by atomic mass is 16.5. The van der Waals surface area contributed by atoms with Gasteiger partial charge in [-0.3, -0.25) is 9.59 Å². The number of amides is 1. The van der Waals surface area contributed by atoms with Crippen LogP contribution in [0.2, 0.25) is 0 Å². The van der Waals surface area contributed by atoms with Gasteiger partial charge in [-0.1, -0.05) is 48.5 Å². The van der Waals surface area contributed by atoms with Crippen molar-refractivity contribution in [3.63, 3.8) is 0 Å². The lowest BCUT2D eigenvalue weighted by molar-refractivity contribution is -0.143. The molecular weight excluding hydrogens is 290 g/mol. The molecule has 0 bridgehead atoms. The molecule has 0 saturated carbocycles. The largest absolute Gasteiger partial charge is 0.466 e. The van der Waals surface area contributed by atoms with Gasteiger partial charge in [0.2, 0.25) is 0 Å². The topological polar surface area (TPSA) is 46.6 Å². The van der Waals surface area contributed by atoms with Crippen LogP contribution in [0.1, 0.15) is 29.3 Å².